The van der Waals surface area contributed by atoms with Crippen molar-refractivity contribution >= 4 is 164 Å². The lowest BCUT2D eigenvalue weighted by Gasteiger charge is -2.10. The van der Waals surface area contributed by atoms with E-state index < -0.39 is 0 Å². The van der Waals surface area contributed by atoms with Crippen LogP contribution < -0.4 is 0 Å². The summed E-state index contributed by atoms with van der Waals surface area (Å²) in [6.45, 7) is 0. The molecule has 0 saturated heterocycles. The number of hydrogen-bond donors (Lipinski definition) is 0. The highest BCUT2D eigenvalue weighted by Gasteiger charge is 2.28. The number of thiophene rings is 1. The van der Waals surface area contributed by atoms with E-state index in [2.05, 4.69) is 285 Å². The predicted octanol–water partition coefficient (Wildman–Crippen LogP) is 35.2. The Morgan fingerprint density at radius 3 is 0.899 bits per heavy atom. The van der Waals surface area contributed by atoms with E-state index >= 15 is 0 Å². The molecule has 13 heteroatoms. The monoisotopic (exact) mass is 1800 g/mol. The SMILES string of the molecule is c1ccc(-c2ccc(-c3cccc(-c4cccc(-c5nc(-c6cccc7oc8ccccc8c67)nc6c5oc5ccccc56)c4)c3)cc2)cc1.c1ccc(-c2ccc(-c3cccc(-c4cccc(-c5nc(-c6cccc7sc8ccccc8c67)nc6c5oc5ccccc56)c4)c3)cc2)cc1.c1ccc2c(c1)oc1c(-c3nc(-c4cccc5c4oc4ccccc45)c4oc5ccccc5c4n3)cccc12. The molecule has 12 nitrogen and oxygen atoms in total. The Bertz CT molecular complexity index is 9540. The summed E-state index contributed by atoms with van der Waals surface area (Å²) in [5.74, 6) is 1.89. The van der Waals surface area contributed by atoms with Crippen LogP contribution in [0.2, 0.25) is 0 Å². The molecule has 0 saturated carbocycles. The lowest BCUT2D eigenvalue weighted by molar-refractivity contribution is 0.662. The van der Waals surface area contributed by atoms with Gasteiger partial charge >= 0.3 is 0 Å². The van der Waals surface area contributed by atoms with Crippen LogP contribution >= 0.6 is 11.3 Å². The Morgan fingerprint density at radius 2 is 0.424 bits per heavy atom. The van der Waals surface area contributed by atoms with E-state index in [0.717, 1.165) is 188 Å². The van der Waals surface area contributed by atoms with Gasteiger partial charge in [-0.2, -0.15) is 0 Å². The summed E-state index contributed by atoms with van der Waals surface area (Å²) in [5, 5.41) is 11.5. The van der Waals surface area contributed by atoms with Crippen LogP contribution in [0.4, 0.5) is 0 Å². The first-order valence-corrected chi connectivity index (χ1v) is 47.1. The molecule has 0 spiro atoms. The van der Waals surface area contributed by atoms with E-state index in [9.17, 15) is 0 Å². The zero-order chi connectivity index (χ0) is 91.5. The number of nitrogens with zero attached hydrogens (tertiary/aromatic N) is 6. The molecule has 0 aliphatic carbocycles. The zero-order valence-electron chi connectivity index (χ0n) is 74.3. The van der Waals surface area contributed by atoms with Gasteiger partial charge in [0.2, 0.25) is 0 Å². The highest BCUT2D eigenvalue weighted by molar-refractivity contribution is 7.26. The van der Waals surface area contributed by atoms with Crippen molar-refractivity contribution in [3.8, 4) is 135 Å². The third kappa shape index (κ3) is 14.0. The second-order valence-electron chi connectivity index (χ2n) is 34.8. The van der Waals surface area contributed by atoms with Crippen LogP contribution in [0.15, 0.2) is 475 Å². The molecule has 19 aromatic carbocycles. The minimum atomic E-state index is 0.571. The molecule has 0 aliphatic heterocycles. The van der Waals surface area contributed by atoms with Gasteiger partial charge < -0.3 is 26.5 Å². The fourth-order valence-electron chi connectivity index (χ4n) is 19.9. The van der Waals surface area contributed by atoms with E-state index in [-0.39, 0.29) is 0 Å². The average molecular weight is 1800 g/mol. The van der Waals surface area contributed by atoms with Crippen LogP contribution in [0.5, 0.6) is 0 Å². The fourth-order valence-corrected chi connectivity index (χ4v) is 21.0. The Kier molecular flexibility index (Phi) is 19.2. The summed E-state index contributed by atoms with van der Waals surface area (Å²) >= 11 is 1.80. The molecule has 10 heterocycles. The zero-order valence-corrected chi connectivity index (χ0v) is 75.1. The molecule has 0 aliphatic rings. The van der Waals surface area contributed by atoms with Gasteiger partial charge in [0.15, 0.2) is 34.2 Å². The van der Waals surface area contributed by atoms with Gasteiger partial charge in [-0.05, 0) is 176 Å². The first kappa shape index (κ1) is 80.1. The van der Waals surface area contributed by atoms with E-state index in [4.69, 9.17) is 56.4 Å². The molecule has 29 rings (SSSR count). The number of para-hydroxylation sites is 8. The van der Waals surface area contributed by atoms with Gasteiger partial charge in [0, 0.05) is 96.5 Å². The summed E-state index contributed by atoms with van der Waals surface area (Å²) in [6, 6.07) is 155. The first-order chi connectivity index (χ1) is 68.9. The van der Waals surface area contributed by atoms with Crippen LogP contribution in [0, 0.1) is 0 Å². The third-order valence-electron chi connectivity index (χ3n) is 26.6. The second-order valence-corrected chi connectivity index (χ2v) is 35.9. The average Bonchev–Trinajstić information content (AvgIpc) is 1.59. The highest BCUT2D eigenvalue weighted by atomic mass is 32.1. The molecular weight excluding hydrogens is 1730 g/mol. The molecule has 0 atom stereocenters. The van der Waals surface area contributed by atoms with E-state index in [0.29, 0.717) is 39.9 Å². The molecule has 0 amide bonds. The molecule has 29 aromatic rings. The van der Waals surface area contributed by atoms with Crippen molar-refractivity contribution in [3.63, 3.8) is 0 Å². The van der Waals surface area contributed by atoms with E-state index in [1.54, 1.807) is 11.3 Å². The van der Waals surface area contributed by atoms with Gasteiger partial charge in [-0.1, -0.05) is 340 Å². The van der Waals surface area contributed by atoms with Gasteiger partial charge in [-0.25, -0.2) is 29.9 Å². The topological polar surface area (TPSA) is 156 Å². The second kappa shape index (κ2) is 33.3. The van der Waals surface area contributed by atoms with Crippen molar-refractivity contribution in [1.82, 2.24) is 29.9 Å². The van der Waals surface area contributed by atoms with Crippen LogP contribution in [-0.2, 0) is 0 Å². The highest BCUT2D eigenvalue weighted by Crippen LogP contribution is 2.48. The maximum absolute atomic E-state index is 6.51. The molecule has 650 valence electrons. The van der Waals surface area contributed by atoms with E-state index in [1.807, 2.05) is 164 Å². The van der Waals surface area contributed by atoms with Crippen molar-refractivity contribution in [1.29, 1.82) is 0 Å². The quantitative estimate of drug-likeness (QED) is 0.114. The van der Waals surface area contributed by atoms with Crippen LogP contribution in [0.1, 0.15) is 0 Å². The van der Waals surface area contributed by atoms with Crippen LogP contribution in [0.25, 0.3) is 287 Å². The predicted molar refractivity (Wildman–Crippen MR) is 568 cm³/mol. The van der Waals surface area contributed by atoms with Crippen molar-refractivity contribution < 1.29 is 26.5 Å². The van der Waals surface area contributed by atoms with Gasteiger partial charge in [0.05, 0.1) is 5.56 Å². The number of fused-ring (bicyclic) bond motifs is 21. The molecule has 10 aromatic heterocycles. The molecular formula is C126H74N6O6S. The van der Waals surface area contributed by atoms with Crippen molar-refractivity contribution in [2.75, 3.05) is 0 Å². The summed E-state index contributed by atoms with van der Waals surface area (Å²) in [6.07, 6.45) is 0. The molecule has 0 unspecified atom stereocenters. The van der Waals surface area contributed by atoms with Gasteiger partial charge in [-0.15, -0.1) is 11.3 Å². The standard InChI is InChI=1S/C46H28N2O2.C46H28N2OS.C34H18N2O3/c1-2-11-29(12-3-1)30-23-25-31(26-24-30)32-13-8-14-33(27-32)34-15-9-16-35(28-34)43-45-44(37-18-5-7-21-40(37)50-45)48-46(47-43)38-19-10-22-41-42(38)36-17-4-6-20-39(36)49-41;1-2-11-29(12-3-1)30-23-25-31(26-24-30)32-13-8-14-33(27-32)34-15-9-16-35(28-34)43-45-44(36-17-4-6-20-39(36)49-45)48-46(47-43)38-19-10-22-41-42(38)37-18-5-7-21-40(37)50-41;1-4-16-26-19(9-1)21-12-7-14-24(31(21)37-26)30-33-29(23-11-3-6-18-28(23)39-33)35-34(36-30)25-15-8-13-22-20-10-2-5-17-27(20)38-32(22)25/h2*1-28H;1-18H. The Balaban J connectivity index is 0.000000106. The Morgan fingerprint density at radius 1 is 0.151 bits per heavy atom. The number of hydrogen-bond acceptors (Lipinski definition) is 13. The summed E-state index contributed by atoms with van der Waals surface area (Å²) in [7, 11) is 0. The minimum absolute atomic E-state index is 0.571. The summed E-state index contributed by atoms with van der Waals surface area (Å²) in [5.41, 5.74) is 33.4. The minimum Gasteiger partial charge on any atom is -0.456 e. The number of benzene rings is 19. The lowest BCUT2D eigenvalue weighted by atomic mass is 9.96. The third-order valence-corrected chi connectivity index (χ3v) is 27.7. The van der Waals surface area contributed by atoms with Crippen LogP contribution in [0.3, 0.4) is 0 Å². The van der Waals surface area contributed by atoms with Crippen molar-refractivity contribution in [3.05, 3.63) is 449 Å². The largest absolute Gasteiger partial charge is 0.456 e. The fraction of sp³-hybridized carbons (Fsp3) is 0. The van der Waals surface area contributed by atoms with Gasteiger partial charge in [0.1, 0.15) is 83.9 Å². The summed E-state index contributed by atoms with van der Waals surface area (Å²) < 4.78 is 40.9. The maximum Gasteiger partial charge on any atom is 0.180 e. The molecule has 139 heavy (non-hydrogen) atoms. The van der Waals surface area contributed by atoms with Gasteiger partial charge in [-0.3, -0.25) is 0 Å². The van der Waals surface area contributed by atoms with E-state index in [1.165, 1.54) is 59.1 Å². The smallest absolute Gasteiger partial charge is 0.180 e. The van der Waals surface area contributed by atoms with Crippen molar-refractivity contribution in [2.45, 2.75) is 0 Å². The number of furan rings is 6. The van der Waals surface area contributed by atoms with Gasteiger partial charge in [0.25, 0.3) is 0 Å². The molecule has 0 bridgehead atoms. The number of aromatic nitrogens is 6. The maximum atomic E-state index is 6.51. The van der Waals surface area contributed by atoms with Crippen LogP contribution in [-0.4, -0.2) is 29.9 Å². The Hall–Kier alpha value is -18.6. The molecule has 0 radical (unpaired) electrons. The molecule has 0 fully saturated rings. The Labute approximate surface area is 798 Å². The first-order valence-electron chi connectivity index (χ1n) is 46.3. The van der Waals surface area contributed by atoms with Crippen molar-refractivity contribution in [2.24, 2.45) is 0 Å². The normalized spacial score (nSPS) is 11.7. The molecule has 0 N–H and O–H groups in total. The number of rotatable bonds is 12. The summed E-state index contributed by atoms with van der Waals surface area (Å²) in [4.78, 5) is 31.2. The lowest BCUT2D eigenvalue weighted by Crippen LogP contribution is -1.94.